The van der Waals surface area contributed by atoms with Gasteiger partial charge in [-0.15, -0.1) is 0 Å². The second-order valence-electron chi connectivity index (χ2n) is 6.25. The van der Waals surface area contributed by atoms with Crippen LogP contribution in [0.15, 0.2) is 0 Å². The molecule has 1 fully saturated rings. The highest BCUT2D eigenvalue weighted by Crippen LogP contribution is 2.28. The molecule has 0 amide bonds. The Kier molecular flexibility index (Phi) is 6.13. The van der Waals surface area contributed by atoms with E-state index in [4.69, 9.17) is 0 Å². The van der Waals surface area contributed by atoms with Crippen LogP contribution in [0.3, 0.4) is 0 Å². The van der Waals surface area contributed by atoms with E-state index in [1.807, 2.05) is 0 Å². The zero-order chi connectivity index (χ0) is 13.8. The molecule has 1 saturated heterocycles. The van der Waals surface area contributed by atoms with Gasteiger partial charge >= 0.3 is 0 Å². The molecule has 0 bridgehead atoms. The van der Waals surface area contributed by atoms with Gasteiger partial charge in [0.1, 0.15) is 0 Å². The molecule has 1 N–H and O–H groups in total. The minimum absolute atomic E-state index is 0.355. The second kappa shape index (κ2) is 6.91. The van der Waals surface area contributed by atoms with E-state index in [-0.39, 0.29) is 0 Å². The van der Waals surface area contributed by atoms with Gasteiger partial charge in [0.25, 0.3) is 0 Å². The van der Waals surface area contributed by atoms with Crippen LogP contribution < -0.4 is 5.32 Å². The van der Waals surface area contributed by atoms with Crippen LogP contribution in [0.4, 0.5) is 0 Å². The number of rotatable bonds is 6. The zero-order valence-corrected chi connectivity index (χ0v) is 13.4. The van der Waals surface area contributed by atoms with Crippen molar-refractivity contribution in [3.8, 4) is 0 Å². The molecule has 18 heavy (non-hydrogen) atoms. The Balaban J connectivity index is 2.85. The third kappa shape index (κ3) is 3.27. The second-order valence-corrected chi connectivity index (χ2v) is 6.25. The summed E-state index contributed by atoms with van der Waals surface area (Å²) in [4.78, 5) is 2.79. The Bertz CT molecular complexity index is 235. The molecule has 0 saturated carbocycles. The molecule has 0 spiro atoms. The van der Waals surface area contributed by atoms with Crippen molar-refractivity contribution in [3.63, 3.8) is 0 Å². The lowest BCUT2D eigenvalue weighted by Gasteiger charge is -2.51. The van der Waals surface area contributed by atoms with Gasteiger partial charge < -0.3 is 5.32 Å². The lowest BCUT2D eigenvalue weighted by atomic mass is 9.84. The summed E-state index contributed by atoms with van der Waals surface area (Å²) in [6.07, 6.45) is 5.02. The lowest BCUT2D eigenvalue weighted by Crippen LogP contribution is -2.66. The molecular formula is C16H34N2. The van der Waals surface area contributed by atoms with E-state index in [2.05, 4.69) is 51.8 Å². The monoisotopic (exact) mass is 254 g/mol. The summed E-state index contributed by atoms with van der Waals surface area (Å²) in [5, 5.41) is 3.86. The van der Waals surface area contributed by atoms with E-state index in [1.165, 1.54) is 38.8 Å². The molecule has 108 valence electrons. The highest BCUT2D eigenvalue weighted by atomic mass is 15.3. The van der Waals surface area contributed by atoms with Gasteiger partial charge in [0.15, 0.2) is 0 Å². The van der Waals surface area contributed by atoms with Crippen LogP contribution in [0.2, 0.25) is 0 Å². The first-order valence-corrected chi connectivity index (χ1v) is 8.04. The number of nitrogens with one attached hydrogen (secondary N) is 1. The van der Waals surface area contributed by atoms with Crippen molar-refractivity contribution in [2.75, 3.05) is 13.1 Å². The summed E-state index contributed by atoms with van der Waals surface area (Å²) in [6, 6.07) is 1.43. The molecule has 0 aromatic heterocycles. The molecule has 2 heteroatoms. The Morgan fingerprint density at radius 1 is 1.11 bits per heavy atom. The molecule has 2 nitrogen and oxygen atoms in total. The smallest absolute Gasteiger partial charge is 0.0304 e. The summed E-state index contributed by atoms with van der Waals surface area (Å²) in [7, 11) is 0. The maximum atomic E-state index is 3.86. The molecule has 1 heterocycles. The van der Waals surface area contributed by atoms with Crippen molar-refractivity contribution in [2.45, 2.75) is 84.8 Å². The van der Waals surface area contributed by atoms with E-state index in [0.717, 1.165) is 12.0 Å². The van der Waals surface area contributed by atoms with Gasteiger partial charge in [-0.05, 0) is 32.1 Å². The molecule has 0 aromatic rings. The van der Waals surface area contributed by atoms with Crippen molar-refractivity contribution < 1.29 is 0 Å². The van der Waals surface area contributed by atoms with Gasteiger partial charge in [-0.2, -0.15) is 0 Å². The van der Waals surface area contributed by atoms with Crippen LogP contribution >= 0.6 is 0 Å². The minimum Gasteiger partial charge on any atom is -0.308 e. The number of hydrogen-bond donors (Lipinski definition) is 1. The molecule has 0 aliphatic carbocycles. The minimum atomic E-state index is 0.355. The Morgan fingerprint density at radius 2 is 1.72 bits per heavy atom. The molecule has 1 rings (SSSR count). The summed E-state index contributed by atoms with van der Waals surface area (Å²) >= 11 is 0. The Morgan fingerprint density at radius 3 is 2.17 bits per heavy atom. The molecular weight excluding hydrogens is 220 g/mol. The topological polar surface area (TPSA) is 15.3 Å². The number of piperazine rings is 1. The fraction of sp³-hybridized carbons (Fsp3) is 1.00. The summed E-state index contributed by atoms with van der Waals surface area (Å²) in [5.74, 6) is 0.790. The Labute approximate surface area is 115 Å². The highest BCUT2D eigenvalue weighted by Gasteiger charge is 2.39. The van der Waals surface area contributed by atoms with Gasteiger partial charge in [0.05, 0.1) is 0 Å². The van der Waals surface area contributed by atoms with E-state index in [1.54, 1.807) is 0 Å². The van der Waals surface area contributed by atoms with E-state index < -0.39 is 0 Å². The fourth-order valence-corrected chi connectivity index (χ4v) is 3.20. The highest BCUT2D eigenvalue weighted by molar-refractivity contribution is 4.99. The van der Waals surface area contributed by atoms with Crippen LogP contribution in [0, 0.1) is 5.92 Å². The van der Waals surface area contributed by atoms with E-state index in [9.17, 15) is 0 Å². The van der Waals surface area contributed by atoms with E-state index >= 15 is 0 Å². The Hall–Kier alpha value is -0.0800. The van der Waals surface area contributed by atoms with Crippen LogP contribution in [0.1, 0.15) is 67.2 Å². The van der Waals surface area contributed by atoms with Gasteiger partial charge in [-0.1, -0.05) is 41.0 Å². The number of nitrogens with zero attached hydrogens (tertiary/aromatic N) is 1. The maximum Gasteiger partial charge on any atom is 0.0304 e. The van der Waals surface area contributed by atoms with Gasteiger partial charge in [-0.3, -0.25) is 4.90 Å². The maximum absolute atomic E-state index is 3.86. The van der Waals surface area contributed by atoms with Crippen molar-refractivity contribution in [3.05, 3.63) is 0 Å². The first kappa shape index (κ1) is 16.0. The molecule has 0 aromatic carbocycles. The quantitative estimate of drug-likeness (QED) is 0.778. The van der Waals surface area contributed by atoms with Crippen LogP contribution in [0.5, 0.6) is 0 Å². The van der Waals surface area contributed by atoms with Gasteiger partial charge in [0.2, 0.25) is 0 Å². The van der Waals surface area contributed by atoms with Crippen LogP contribution in [-0.4, -0.2) is 35.6 Å². The third-order valence-electron chi connectivity index (χ3n) is 5.41. The standard InChI is InChI=1S/C16H34N2/c1-7-13(5)15-11-17-16(9-3,10-4)12-18(15)14(6)8-2/h13-15,17H,7-12H2,1-6H3. The van der Waals surface area contributed by atoms with Crippen molar-refractivity contribution in [1.29, 1.82) is 0 Å². The predicted molar refractivity (Wildman–Crippen MR) is 81.0 cm³/mol. The first-order chi connectivity index (χ1) is 8.53. The third-order valence-corrected chi connectivity index (χ3v) is 5.41. The molecule has 3 atom stereocenters. The van der Waals surface area contributed by atoms with Gasteiger partial charge in [0, 0.05) is 30.7 Å². The van der Waals surface area contributed by atoms with Crippen LogP contribution in [0.25, 0.3) is 0 Å². The predicted octanol–water partition coefficient (Wildman–Crippen LogP) is 3.66. The molecule has 1 aliphatic rings. The largest absolute Gasteiger partial charge is 0.308 e. The first-order valence-electron chi connectivity index (χ1n) is 8.04. The van der Waals surface area contributed by atoms with Crippen molar-refractivity contribution in [1.82, 2.24) is 10.2 Å². The number of hydrogen-bond acceptors (Lipinski definition) is 2. The van der Waals surface area contributed by atoms with Crippen molar-refractivity contribution in [2.24, 2.45) is 5.92 Å². The van der Waals surface area contributed by atoms with E-state index in [0.29, 0.717) is 11.6 Å². The fourth-order valence-electron chi connectivity index (χ4n) is 3.20. The molecule has 0 radical (unpaired) electrons. The normalized spacial score (nSPS) is 28.0. The SMILES string of the molecule is CCC(C)C1CNC(CC)(CC)CN1C(C)CC. The molecule has 3 unspecified atom stereocenters. The van der Waals surface area contributed by atoms with Gasteiger partial charge in [-0.25, -0.2) is 0 Å². The zero-order valence-electron chi connectivity index (χ0n) is 13.4. The summed E-state index contributed by atoms with van der Waals surface area (Å²) in [6.45, 7) is 16.5. The van der Waals surface area contributed by atoms with Crippen LogP contribution in [-0.2, 0) is 0 Å². The molecule has 1 aliphatic heterocycles. The summed E-state index contributed by atoms with van der Waals surface area (Å²) in [5.41, 5.74) is 0.355. The average Bonchev–Trinajstić information content (AvgIpc) is 2.44. The van der Waals surface area contributed by atoms with Crippen molar-refractivity contribution >= 4 is 0 Å². The average molecular weight is 254 g/mol. The lowest BCUT2D eigenvalue weighted by molar-refractivity contribution is 0.0167. The summed E-state index contributed by atoms with van der Waals surface area (Å²) < 4.78 is 0.